The first-order chi connectivity index (χ1) is 9.36. The zero-order chi connectivity index (χ0) is 15.3. The monoisotopic (exact) mass is 323 g/mol. The first-order valence-electron chi connectivity index (χ1n) is 5.54. The molecule has 20 heavy (non-hydrogen) atoms. The molecule has 8 heteroatoms. The molecule has 0 spiro atoms. The maximum atomic E-state index is 13.1. The van der Waals surface area contributed by atoms with Crippen molar-refractivity contribution in [3.05, 3.63) is 34.4 Å². The van der Waals surface area contributed by atoms with Gasteiger partial charge in [0, 0.05) is 0 Å². The van der Waals surface area contributed by atoms with Crippen molar-refractivity contribution in [3.63, 3.8) is 0 Å². The Morgan fingerprint density at radius 1 is 1.40 bits per heavy atom. The Bertz CT molecular complexity index is 528. The summed E-state index contributed by atoms with van der Waals surface area (Å²) in [4.78, 5) is 22.8. The van der Waals surface area contributed by atoms with Gasteiger partial charge < -0.3 is 10.4 Å². The lowest BCUT2D eigenvalue weighted by atomic mass is 10.1. The first kappa shape index (κ1) is 16.7. The summed E-state index contributed by atoms with van der Waals surface area (Å²) in [5.41, 5.74) is -0.305. The average molecular weight is 324 g/mol. The SMILES string of the molecule is CSCC[C@H](NC(=O)c1cc(F)c(F)cc1Cl)C(=O)O. The lowest BCUT2D eigenvalue weighted by Gasteiger charge is -2.14. The van der Waals surface area contributed by atoms with Crippen LogP contribution in [0.3, 0.4) is 0 Å². The third-order valence-corrected chi connectivity index (χ3v) is 3.43. The van der Waals surface area contributed by atoms with Crippen molar-refractivity contribution in [2.24, 2.45) is 0 Å². The van der Waals surface area contributed by atoms with Crippen LogP contribution in [-0.4, -0.2) is 35.0 Å². The second kappa shape index (κ2) is 7.44. The van der Waals surface area contributed by atoms with Crippen molar-refractivity contribution in [1.82, 2.24) is 5.32 Å². The second-order valence-corrected chi connectivity index (χ2v) is 5.28. The van der Waals surface area contributed by atoms with Gasteiger partial charge in [0.05, 0.1) is 10.6 Å². The maximum absolute atomic E-state index is 13.1. The fraction of sp³-hybridized carbons (Fsp3) is 0.333. The van der Waals surface area contributed by atoms with Gasteiger partial charge in [0.15, 0.2) is 11.6 Å². The normalized spacial score (nSPS) is 12.0. The van der Waals surface area contributed by atoms with Gasteiger partial charge in [0.1, 0.15) is 6.04 Å². The third kappa shape index (κ3) is 4.35. The molecular weight excluding hydrogens is 312 g/mol. The lowest BCUT2D eigenvalue weighted by molar-refractivity contribution is -0.139. The minimum absolute atomic E-state index is 0.212. The quantitative estimate of drug-likeness (QED) is 0.790. The number of rotatable bonds is 6. The van der Waals surface area contributed by atoms with Gasteiger partial charge in [-0.25, -0.2) is 13.6 Å². The maximum Gasteiger partial charge on any atom is 0.326 e. The van der Waals surface area contributed by atoms with Crippen LogP contribution in [0.25, 0.3) is 0 Å². The summed E-state index contributed by atoms with van der Waals surface area (Å²) >= 11 is 7.07. The van der Waals surface area contributed by atoms with Gasteiger partial charge in [0.25, 0.3) is 5.91 Å². The summed E-state index contributed by atoms with van der Waals surface area (Å²) in [7, 11) is 0. The molecule has 0 saturated carbocycles. The second-order valence-electron chi connectivity index (χ2n) is 3.89. The predicted octanol–water partition coefficient (Wildman–Crippen LogP) is 2.55. The van der Waals surface area contributed by atoms with E-state index in [1.165, 1.54) is 11.8 Å². The van der Waals surface area contributed by atoms with Crippen molar-refractivity contribution < 1.29 is 23.5 Å². The first-order valence-corrected chi connectivity index (χ1v) is 7.31. The Morgan fingerprint density at radius 2 is 2.00 bits per heavy atom. The largest absolute Gasteiger partial charge is 0.480 e. The van der Waals surface area contributed by atoms with Gasteiger partial charge in [0.2, 0.25) is 0 Å². The van der Waals surface area contributed by atoms with Crippen LogP contribution < -0.4 is 5.32 Å². The van der Waals surface area contributed by atoms with E-state index in [1.54, 1.807) is 6.26 Å². The van der Waals surface area contributed by atoms with Crippen LogP contribution in [0.5, 0.6) is 0 Å². The van der Waals surface area contributed by atoms with Crippen LogP contribution in [0.15, 0.2) is 12.1 Å². The van der Waals surface area contributed by atoms with Gasteiger partial charge in [-0.15, -0.1) is 0 Å². The van der Waals surface area contributed by atoms with Crippen LogP contribution >= 0.6 is 23.4 Å². The highest BCUT2D eigenvalue weighted by Gasteiger charge is 2.22. The van der Waals surface area contributed by atoms with Crippen LogP contribution in [0.1, 0.15) is 16.8 Å². The third-order valence-electron chi connectivity index (χ3n) is 2.47. The van der Waals surface area contributed by atoms with Crippen LogP contribution in [0, 0.1) is 11.6 Å². The molecule has 0 aliphatic heterocycles. The molecule has 110 valence electrons. The lowest BCUT2D eigenvalue weighted by Crippen LogP contribution is -2.41. The van der Waals surface area contributed by atoms with E-state index in [0.717, 1.165) is 0 Å². The molecule has 0 unspecified atom stereocenters. The van der Waals surface area contributed by atoms with Gasteiger partial charge >= 0.3 is 5.97 Å². The van der Waals surface area contributed by atoms with E-state index in [4.69, 9.17) is 16.7 Å². The Balaban J connectivity index is 2.89. The highest BCUT2D eigenvalue weighted by molar-refractivity contribution is 7.98. The number of hydrogen-bond acceptors (Lipinski definition) is 3. The molecule has 1 rings (SSSR count). The van der Waals surface area contributed by atoms with Gasteiger partial charge in [-0.2, -0.15) is 11.8 Å². The number of carbonyl (C=O) groups is 2. The van der Waals surface area contributed by atoms with Crippen LogP contribution in [-0.2, 0) is 4.79 Å². The molecule has 1 atom stereocenters. The summed E-state index contributed by atoms with van der Waals surface area (Å²) in [5, 5.41) is 10.9. The van der Waals surface area contributed by atoms with E-state index in [2.05, 4.69) is 5.32 Å². The smallest absolute Gasteiger partial charge is 0.326 e. The van der Waals surface area contributed by atoms with Gasteiger partial charge in [-0.05, 0) is 30.6 Å². The number of halogens is 3. The number of nitrogens with one attached hydrogen (secondary N) is 1. The van der Waals surface area contributed by atoms with Crippen LogP contribution in [0.2, 0.25) is 5.02 Å². The summed E-state index contributed by atoms with van der Waals surface area (Å²) < 4.78 is 26.0. The molecule has 0 bridgehead atoms. The van der Waals surface area contributed by atoms with Crippen molar-refractivity contribution >= 4 is 35.2 Å². The Morgan fingerprint density at radius 3 is 2.55 bits per heavy atom. The number of amides is 1. The minimum atomic E-state index is -1.23. The van der Waals surface area contributed by atoms with Gasteiger partial charge in [-0.1, -0.05) is 11.6 Å². The van der Waals surface area contributed by atoms with E-state index in [9.17, 15) is 18.4 Å². The molecule has 0 aliphatic carbocycles. The molecule has 0 heterocycles. The molecule has 4 nitrogen and oxygen atoms in total. The summed E-state index contributed by atoms with van der Waals surface area (Å²) in [6, 6.07) is 0.198. The molecule has 0 aromatic heterocycles. The zero-order valence-corrected chi connectivity index (χ0v) is 12.0. The number of hydrogen-bond donors (Lipinski definition) is 2. The summed E-state index contributed by atoms with van der Waals surface area (Å²) in [6.07, 6.45) is 2.01. The van der Waals surface area contributed by atoms with E-state index < -0.39 is 29.6 Å². The fourth-order valence-corrected chi connectivity index (χ4v) is 2.13. The molecule has 1 amide bonds. The van der Waals surface area contributed by atoms with E-state index in [1.807, 2.05) is 0 Å². The molecule has 1 aromatic rings. The van der Waals surface area contributed by atoms with Crippen molar-refractivity contribution in [1.29, 1.82) is 0 Å². The number of benzene rings is 1. The predicted molar refractivity (Wildman–Crippen MR) is 73.3 cm³/mol. The standard InChI is InChI=1S/C12H12ClF2NO3S/c1-20-3-2-10(12(18)19)16-11(17)6-4-8(14)9(15)5-7(6)13/h4-5,10H,2-3H2,1H3,(H,16,17)(H,18,19)/t10-/m0/s1. The molecule has 2 N–H and O–H groups in total. The zero-order valence-electron chi connectivity index (χ0n) is 10.5. The highest BCUT2D eigenvalue weighted by Crippen LogP contribution is 2.20. The van der Waals surface area contributed by atoms with Crippen LogP contribution in [0.4, 0.5) is 8.78 Å². The molecule has 0 aliphatic rings. The topological polar surface area (TPSA) is 66.4 Å². The Labute approximate surface area is 123 Å². The fourth-order valence-electron chi connectivity index (χ4n) is 1.43. The summed E-state index contributed by atoms with van der Waals surface area (Å²) in [6.45, 7) is 0. The Kier molecular flexibility index (Phi) is 6.22. The molecular formula is C12H12ClF2NO3S. The Hall–Kier alpha value is -1.34. The number of carbonyl (C=O) groups excluding carboxylic acids is 1. The van der Waals surface area contributed by atoms with Crippen molar-refractivity contribution in [2.75, 3.05) is 12.0 Å². The van der Waals surface area contributed by atoms with E-state index in [-0.39, 0.29) is 17.0 Å². The number of thioether (sulfide) groups is 1. The minimum Gasteiger partial charge on any atom is -0.480 e. The van der Waals surface area contributed by atoms with Crippen molar-refractivity contribution in [2.45, 2.75) is 12.5 Å². The van der Waals surface area contributed by atoms with E-state index >= 15 is 0 Å². The molecule has 0 saturated heterocycles. The van der Waals surface area contributed by atoms with Gasteiger partial charge in [-0.3, -0.25) is 4.79 Å². The summed E-state index contributed by atoms with van der Waals surface area (Å²) in [5.74, 6) is -3.93. The van der Waals surface area contributed by atoms with E-state index in [0.29, 0.717) is 17.9 Å². The molecule has 1 aromatic carbocycles. The number of carboxylic acids is 1. The molecule has 0 radical (unpaired) electrons. The molecule has 0 fully saturated rings. The van der Waals surface area contributed by atoms with Crippen molar-refractivity contribution in [3.8, 4) is 0 Å². The number of carboxylic acid groups (broad SMARTS) is 1. The average Bonchev–Trinajstić information content (AvgIpc) is 2.38. The number of aliphatic carboxylic acids is 1. The highest BCUT2D eigenvalue weighted by atomic mass is 35.5.